The van der Waals surface area contributed by atoms with Crippen molar-refractivity contribution in [1.29, 1.82) is 0 Å². The first-order chi connectivity index (χ1) is 10.5. The number of rotatable bonds is 3. The minimum absolute atomic E-state index is 0.352. The molecule has 1 saturated heterocycles. The molecule has 1 aromatic carbocycles. The number of fused-ring (bicyclic) bond motifs is 1. The lowest BCUT2D eigenvalue weighted by Gasteiger charge is -2.31. The van der Waals surface area contributed by atoms with Gasteiger partial charge >= 0.3 is 0 Å². The molecule has 0 amide bonds. The first-order valence-electron chi connectivity index (χ1n) is 8.22. The van der Waals surface area contributed by atoms with Crippen LogP contribution in [-0.4, -0.2) is 32.9 Å². The smallest absolute Gasteiger partial charge is 0.246 e. The Hall–Kier alpha value is -1.07. The molecule has 122 valence electrons. The molecule has 1 heterocycles. The number of methoxy groups -OCH3 is 1. The van der Waals surface area contributed by atoms with Crippen LogP contribution in [0.5, 0.6) is 5.75 Å². The Morgan fingerprint density at radius 1 is 1.14 bits per heavy atom. The third-order valence-corrected chi connectivity index (χ3v) is 6.75. The van der Waals surface area contributed by atoms with E-state index in [-0.39, 0.29) is 0 Å². The summed E-state index contributed by atoms with van der Waals surface area (Å²) in [7, 11) is -1.90. The largest absolute Gasteiger partial charge is 0.495 e. The van der Waals surface area contributed by atoms with Crippen molar-refractivity contribution in [2.24, 2.45) is 5.92 Å². The van der Waals surface area contributed by atoms with Gasteiger partial charge in [-0.2, -0.15) is 4.31 Å². The molecule has 0 aromatic heterocycles. The van der Waals surface area contributed by atoms with Crippen LogP contribution in [0.4, 0.5) is 0 Å². The highest BCUT2D eigenvalue weighted by molar-refractivity contribution is 7.89. The standard InChI is InChI=1S/C17H25NO3S/c1-13-6-5-9-18(12-13)22(19,20)17-11-15-8-4-3-7-14(15)10-16(17)21-2/h10-11,13H,3-9,12H2,1-2H3/t13-/m0/s1. The summed E-state index contributed by atoms with van der Waals surface area (Å²) in [4.78, 5) is 0.352. The lowest BCUT2D eigenvalue weighted by Crippen LogP contribution is -2.39. The van der Waals surface area contributed by atoms with E-state index in [1.807, 2.05) is 12.1 Å². The number of hydrogen-bond acceptors (Lipinski definition) is 3. The van der Waals surface area contributed by atoms with Crippen molar-refractivity contribution >= 4 is 10.0 Å². The molecule has 3 rings (SSSR count). The Morgan fingerprint density at radius 2 is 1.82 bits per heavy atom. The number of nitrogens with zero attached hydrogens (tertiary/aromatic N) is 1. The summed E-state index contributed by atoms with van der Waals surface area (Å²) in [6.07, 6.45) is 6.34. The highest BCUT2D eigenvalue weighted by Gasteiger charge is 2.32. The van der Waals surface area contributed by atoms with Crippen molar-refractivity contribution in [2.75, 3.05) is 20.2 Å². The van der Waals surface area contributed by atoms with E-state index in [1.54, 1.807) is 11.4 Å². The molecule has 5 heteroatoms. The van der Waals surface area contributed by atoms with E-state index in [9.17, 15) is 8.42 Å². The summed E-state index contributed by atoms with van der Waals surface area (Å²) < 4.78 is 33.1. The lowest BCUT2D eigenvalue weighted by molar-refractivity contribution is 0.280. The van der Waals surface area contributed by atoms with Crippen molar-refractivity contribution in [3.05, 3.63) is 23.3 Å². The maximum Gasteiger partial charge on any atom is 0.246 e. The molecule has 1 fully saturated rings. The Morgan fingerprint density at radius 3 is 2.45 bits per heavy atom. The number of sulfonamides is 1. The van der Waals surface area contributed by atoms with Gasteiger partial charge in [0, 0.05) is 13.1 Å². The zero-order valence-corrected chi connectivity index (χ0v) is 14.3. The summed E-state index contributed by atoms with van der Waals surface area (Å²) in [5.74, 6) is 0.922. The maximum absolute atomic E-state index is 13.0. The van der Waals surface area contributed by atoms with E-state index in [2.05, 4.69) is 6.92 Å². The van der Waals surface area contributed by atoms with E-state index in [0.717, 1.165) is 32.1 Å². The van der Waals surface area contributed by atoms with Gasteiger partial charge < -0.3 is 4.74 Å². The van der Waals surface area contributed by atoms with Crippen LogP contribution in [-0.2, 0) is 22.9 Å². The van der Waals surface area contributed by atoms with Gasteiger partial charge in [0.25, 0.3) is 0 Å². The second-order valence-corrected chi connectivity index (χ2v) is 8.50. The Kier molecular flexibility index (Phi) is 4.46. The molecular weight excluding hydrogens is 298 g/mol. The van der Waals surface area contributed by atoms with Crippen molar-refractivity contribution < 1.29 is 13.2 Å². The molecule has 22 heavy (non-hydrogen) atoms. The normalized spacial score (nSPS) is 23.1. The van der Waals surface area contributed by atoms with Gasteiger partial charge in [0.1, 0.15) is 10.6 Å². The van der Waals surface area contributed by atoms with Crippen LogP contribution in [0, 0.1) is 5.92 Å². The Labute approximate surface area is 133 Å². The van der Waals surface area contributed by atoms with Crippen molar-refractivity contribution in [1.82, 2.24) is 4.31 Å². The predicted molar refractivity (Wildman–Crippen MR) is 86.8 cm³/mol. The van der Waals surface area contributed by atoms with Gasteiger partial charge in [-0.3, -0.25) is 0 Å². The molecule has 2 aliphatic rings. The lowest BCUT2D eigenvalue weighted by atomic mass is 9.92. The number of benzene rings is 1. The summed E-state index contributed by atoms with van der Waals surface area (Å²) in [5.41, 5.74) is 2.42. The van der Waals surface area contributed by atoms with E-state index in [0.29, 0.717) is 29.7 Å². The first kappa shape index (κ1) is 15.8. The molecule has 1 aromatic rings. The Balaban J connectivity index is 2.02. The quantitative estimate of drug-likeness (QED) is 0.859. The van der Waals surface area contributed by atoms with E-state index in [4.69, 9.17) is 4.74 Å². The summed E-state index contributed by atoms with van der Waals surface area (Å²) in [5, 5.41) is 0. The molecule has 1 atom stereocenters. The topological polar surface area (TPSA) is 46.6 Å². The minimum Gasteiger partial charge on any atom is -0.495 e. The third kappa shape index (κ3) is 2.88. The third-order valence-electron chi connectivity index (χ3n) is 4.87. The van der Waals surface area contributed by atoms with Crippen LogP contribution >= 0.6 is 0 Å². The van der Waals surface area contributed by atoms with E-state index < -0.39 is 10.0 Å². The summed E-state index contributed by atoms with van der Waals surface area (Å²) >= 11 is 0. The molecule has 0 saturated carbocycles. The molecular formula is C17H25NO3S. The molecule has 0 N–H and O–H groups in total. The zero-order valence-electron chi connectivity index (χ0n) is 13.5. The van der Waals surface area contributed by atoms with Gasteiger partial charge in [-0.15, -0.1) is 0 Å². The van der Waals surface area contributed by atoms with Crippen molar-refractivity contribution in [3.8, 4) is 5.75 Å². The van der Waals surface area contributed by atoms with Crippen LogP contribution in [0.3, 0.4) is 0 Å². The predicted octanol–water partition coefficient (Wildman–Crippen LogP) is 2.99. The van der Waals surface area contributed by atoms with Crippen LogP contribution in [0.1, 0.15) is 43.7 Å². The number of ether oxygens (including phenoxy) is 1. The van der Waals surface area contributed by atoms with E-state index in [1.165, 1.54) is 17.5 Å². The first-order valence-corrected chi connectivity index (χ1v) is 9.66. The average molecular weight is 323 g/mol. The fourth-order valence-corrected chi connectivity index (χ4v) is 5.39. The SMILES string of the molecule is COc1cc2c(cc1S(=O)(=O)N1CCC[C@H](C)C1)CCCC2. The molecule has 1 aliphatic carbocycles. The van der Waals surface area contributed by atoms with Gasteiger partial charge in [0.15, 0.2) is 0 Å². The summed E-state index contributed by atoms with van der Waals surface area (Å²) in [6, 6.07) is 3.80. The Bertz CT molecular complexity index is 654. The minimum atomic E-state index is -3.46. The van der Waals surface area contributed by atoms with Gasteiger partial charge in [-0.1, -0.05) is 6.92 Å². The molecule has 0 radical (unpaired) electrons. The number of hydrogen-bond donors (Lipinski definition) is 0. The fourth-order valence-electron chi connectivity index (χ4n) is 3.61. The fraction of sp³-hybridized carbons (Fsp3) is 0.647. The van der Waals surface area contributed by atoms with Crippen LogP contribution < -0.4 is 4.74 Å². The van der Waals surface area contributed by atoms with Crippen LogP contribution in [0.25, 0.3) is 0 Å². The van der Waals surface area contributed by atoms with Crippen LogP contribution in [0.15, 0.2) is 17.0 Å². The highest BCUT2D eigenvalue weighted by atomic mass is 32.2. The second-order valence-electron chi connectivity index (χ2n) is 6.59. The number of aryl methyl sites for hydroxylation is 2. The van der Waals surface area contributed by atoms with E-state index >= 15 is 0 Å². The van der Waals surface area contributed by atoms with Gasteiger partial charge in [-0.25, -0.2) is 8.42 Å². The average Bonchev–Trinajstić information content (AvgIpc) is 2.53. The monoisotopic (exact) mass is 323 g/mol. The van der Waals surface area contributed by atoms with Gasteiger partial charge in [-0.05, 0) is 67.7 Å². The molecule has 4 nitrogen and oxygen atoms in total. The second kappa shape index (κ2) is 6.20. The molecule has 0 unspecified atom stereocenters. The van der Waals surface area contributed by atoms with Gasteiger partial charge in [0.2, 0.25) is 10.0 Å². The molecule has 1 aliphatic heterocycles. The van der Waals surface area contributed by atoms with Crippen LogP contribution in [0.2, 0.25) is 0 Å². The molecule has 0 spiro atoms. The maximum atomic E-state index is 13.0. The van der Waals surface area contributed by atoms with Crippen molar-refractivity contribution in [2.45, 2.75) is 50.3 Å². The summed E-state index contributed by atoms with van der Waals surface area (Å²) in [6.45, 7) is 3.35. The zero-order chi connectivity index (χ0) is 15.7. The highest BCUT2D eigenvalue weighted by Crippen LogP contribution is 2.34. The molecule has 0 bridgehead atoms. The van der Waals surface area contributed by atoms with Crippen molar-refractivity contribution in [3.63, 3.8) is 0 Å². The van der Waals surface area contributed by atoms with Gasteiger partial charge in [0.05, 0.1) is 7.11 Å². The number of piperidine rings is 1.